The van der Waals surface area contributed by atoms with Crippen LogP contribution in [0.1, 0.15) is 5.56 Å². The molecule has 4 atom stereocenters. The lowest BCUT2D eigenvalue weighted by Crippen LogP contribution is -2.50. The number of urea groups is 1. The maximum atomic E-state index is 12.3. The summed E-state index contributed by atoms with van der Waals surface area (Å²) in [7, 11) is 1.84. The number of anilines is 1. The molecule has 186 valence electrons. The Hall–Kier alpha value is -2.86. The lowest BCUT2D eigenvalue weighted by atomic mass is 10.0. The number of nitrogens with zero attached hydrogens (tertiary/aromatic N) is 1. The van der Waals surface area contributed by atoms with E-state index in [4.69, 9.17) is 4.74 Å². The number of likely N-dealkylation sites (N-methyl/N-ethyl adjacent to an activating group) is 1. The number of aliphatic hydroxyl groups is 2. The molecular formula is C23H28F3N3O5. The molecule has 0 radical (unpaired) electrons. The molecule has 1 heterocycles. The summed E-state index contributed by atoms with van der Waals surface area (Å²) in [6, 6.07) is 13.5. The molecule has 8 nitrogen and oxygen atoms in total. The van der Waals surface area contributed by atoms with Gasteiger partial charge in [-0.15, -0.1) is 13.2 Å². The first-order valence-corrected chi connectivity index (χ1v) is 10.8. The van der Waals surface area contributed by atoms with Crippen LogP contribution in [0, 0.1) is 0 Å². The summed E-state index contributed by atoms with van der Waals surface area (Å²) in [5, 5.41) is 25.3. The first-order chi connectivity index (χ1) is 16.2. The van der Waals surface area contributed by atoms with Crippen molar-refractivity contribution in [2.45, 2.75) is 37.1 Å². The molecule has 34 heavy (non-hydrogen) atoms. The van der Waals surface area contributed by atoms with Crippen molar-refractivity contribution in [3.05, 3.63) is 60.2 Å². The minimum atomic E-state index is -4.80. The SMILES string of the molecule is CN(CCc1ccccc1)[C@H]1[C@H](O)[C@H](CO)O[C@@H]1CNC(=O)Nc1ccc(OC(F)(F)F)cc1. The van der Waals surface area contributed by atoms with E-state index in [2.05, 4.69) is 15.4 Å². The summed E-state index contributed by atoms with van der Waals surface area (Å²) < 4.78 is 46.3. The highest BCUT2D eigenvalue weighted by Gasteiger charge is 2.45. The number of halogens is 3. The van der Waals surface area contributed by atoms with Gasteiger partial charge in [0, 0.05) is 18.8 Å². The quantitative estimate of drug-likeness (QED) is 0.437. The van der Waals surface area contributed by atoms with Crippen LogP contribution in [0.5, 0.6) is 5.75 Å². The van der Waals surface area contributed by atoms with Crippen LogP contribution in [0.25, 0.3) is 0 Å². The van der Waals surface area contributed by atoms with E-state index in [0.717, 1.165) is 24.1 Å². The minimum Gasteiger partial charge on any atom is -0.406 e. The summed E-state index contributed by atoms with van der Waals surface area (Å²) in [4.78, 5) is 14.2. The van der Waals surface area contributed by atoms with E-state index in [1.807, 2.05) is 42.3 Å². The lowest BCUT2D eigenvalue weighted by Gasteiger charge is -2.30. The highest BCUT2D eigenvalue weighted by atomic mass is 19.4. The maximum absolute atomic E-state index is 12.3. The van der Waals surface area contributed by atoms with Crippen LogP contribution in [0.3, 0.4) is 0 Å². The van der Waals surface area contributed by atoms with E-state index in [-0.39, 0.29) is 18.8 Å². The third-order valence-electron chi connectivity index (χ3n) is 5.56. The normalized spacial score (nSPS) is 22.6. The first kappa shape index (κ1) is 25.8. The van der Waals surface area contributed by atoms with Gasteiger partial charge in [0.05, 0.1) is 18.8 Å². The van der Waals surface area contributed by atoms with Crippen LogP contribution in [-0.4, -0.2) is 78.6 Å². The number of hydrogen-bond acceptors (Lipinski definition) is 6. The maximum Gasteiger partial charge on any atom is 0.573 e. The second-order valence-electron chi connectivity index (χ2n) is 8.00. The molecule has 1 fully saturated rings. The van der Waals surface area contributed by atoms with E-state index < -0.39 is 42.5 Å². The molecule has 2 aromatic rings. The van der Waals surface area contributed by atoms with Crippen molar-refractivity contribution >= 4 is 11.7 Å². The predicted octanol–water partition coefficient (Wildman–Crippen LogP) is 2.37. The van der Waals surface area contributed by atoms with Gasteiger partial charge in [-0.3, -0.25) is 4.90 Å². The van der Waals surface area contributed by atoms with Gasteiger partial charge in [0.25, 0.3) is 0 Å². The van der Waals surface area contributed by atoms with E-state index in [1.54, 1.807) is 0 Å². The largest absolute Gasteiger partial charge is 0.573 e. The topological polar surface area (TPSA) is 103 Å². The monoisotopic (exact) mass is 483 g/mol. The van der Waals surface area contributed by atoms with Crippen LogP contribution >= 0.6 is 0 Å². The average molecular weight is 483 g/mol. The molecule has 0 spiro atoms. The summed E-state index contributed by atoms with van der Waals surface area (Å²) in [6.07, 6.45) is -6.35. The Bertz CT molecular complexity index is 914. The molecule has 2 amide bonds. The average Bonchev–Trinajstić information content (AvgIpc) is 3.12. The Balaban J connectivity index is 1.54. The molecule has 0 aliphatic carbocycles. The Kier molecular flexibility index (Phi) is 8.72. The second kappa shape index (κ2) is 11.5. The molecule has 0 saturated carbocycles. The van der Waals surface area contributed by atoms with Gasteiger partial charge in [-0.25, -0.2) is 4.79 Å². The Morgan fingerprint density at radius 1 is 1.12 bits per heavy atom. The fourth-order valence-electron chi connectivity index (χ4n) is 3.90. The Morgan fingerprint density at radius 3 is 2.41 bits per heavy atom. The number of aliphatic hydroxyl groups excluding tert-OH is 2. The van der Waals surface area contributed by atoms with Crippen molar-refractivity contribution in [3.8, 4) is 5.75 Å². The van der Waals surface area contributed by atoms with Crippen LogP contribution in [-0.2, 0) is 11.2 Å². The van der Waals surface area contributed by atoms with Crippen molar-refractivity contribution in [3.63, 3.8) is 0 Å². The van der Waals surface area contributed by atoms with Crippen molar-refractivity contribution in [1.82, 2.24) is 10.2 Å². The summed E-state index contributed by atoms with van der Waals surface area (Å²) in [6.45, 7) is 0.316. The molecule has 0 unspecified atom stereocenters. The molecule has 4 N–H and O–H groups in total. The van der Waals surface area contributed by atoms with Crippen molar-refractivity contribution < 1.29 is 37.7 Å². The fraction of sp³-hybridized carbons (Fsp3) is 0.435. The number of carbonyl (C=O) groups excluding carboxylic acids is 1. The first-order valence-electron chi connectivity index (χ1n) is 10.8. The number of alkyl halides is 3. The Labute approximate surface area is 195 Å². The van der Waals surface area contributed by atoms with E-state index in [0.29, 0.717) is 6.54 Å². The third-order valence-corrected chi connectivity index (χ3v) is 5.56. The van der Waals surface area contributed by atoms with Gasteiger partial charge in [0.15, 0.2) is 0 Å². The zero-order chi connectivity index (χ0) is 24.7. The van der Waals surface area contributed by atoms with E-state index >= 15 is 0 Å². The lowest BCUT2D eigenvalue weighted by molar-refractivity contribution is -0.274. The van der Waals surface area contributed by atoms with Crippen LogP contribution in [0.2, 0.25) is 0 Å². The molecule has 1 aliphatic rings. The van der Waals surface area contributed by atoms with Gasteiger partial charge in [-0.2, -0.15) is 0 Å². The molecule has 1 saturated heterocycles. The number of benzene rings is 2. The fourth-order valence-corrected chi connectivity index (χ4v) is 3.90. The molecule has 3 rings (SSSR count). The zero-order valence-electron chi connectivity index (χ0n) is 18.5. The molecule has 0 bridgehead atoms. The van der Waals surface area contributed by atoms with Gasteiger partial charge in [0.1, 0.15) is 18.0 Å². The summed E-state index contributed by atoms with van der Waals surface area (Å²) in [5.74, 6) is -0.400. The van der Waals surface area contributed by atoms with Gasteiger partial charge < -0.3 is 30.3 Å². The van der Waals surface area contributed by atoms with Gasteiger partial charge >= 0.3 is 12.4 Å². The predicted molar refractivity (Wildman–Crippen MR) is 118 cm³/mol. The Morgan fingerprint density at radius 2 is 1.79 bits per heavy atom. The third kappa shape index (κ3) is 7.32. The number of amides is 2. The number of nitrogens with one attached hydrogen (secondary N) is 2. The van der Waals surface area contributed by atoms with E-state index in [1.165, 1.54) is 12.1 Å². The van der Waals surface area contributed by atoms with Crippen LogP contribution in [0.4, 0.5) is 23.7 Å². The summed E-state index contributed by atoms with van der Waals surface area (Å²) in [5.41, 5.74) is 1.41. The number of rotatable bonds is 9. The highest BCUT2D eigenvalue weighted by Crippen LogP contribution is 2.26. The van der Waals surface area contributed by atoms with Gasteiger partial charge in [0.2, 0.25) is 0 Å². The zero-order valence-corrected chi connectivity index (χ0v) is 18.5. The number of carbonyl (C=O) groups is 1. The smallest absolute Gasteiger partial charge is 0.406 e. The highest BCUT2D eigenvalue weighted by molar-refractivity contribution is 5.89. The van der Waals surface area contributed by atoms with Crippen molar-refractivity contribution in [2.75, 3.05) is 32.1 Å². The molecular weight excluding hydrogens is 455 g/mol. The minimum absolute atomic E-state index is 0.0506. The van der Waals surface area contributed by atoms with Gasteiger partial charge in [-0.1, -0.05) is 30.3 Å². The summed E-state index contributed by atoms with van der Waals surface area (Å²) >= 11 is 0. The second-order valence-corrected chi connectivity index (χ2v) is 8.00. The van der Waals surface area contributed by atoms with Crippen LogP contribution < -0.4 is 15.4 Å². The molecule has 0 aromatic heterocycles. The molecule has 2 aromatic carbocycles. The number of hydrogen-bond donors (Lipinski definition) is 4. The number of ether oxygens (including phenoxy) is 2. The standard InChI is InChI=1S/C23H28F3N3O5/c1-29(12-11-15-5-3-2-4-6-15)20-18(33-19(14-30)21(20)31)13-27-22(32)28-16-7-9-17(10-8-16)34-23(24,25)26/h2-10,18-21,30-31H,11-14H2,1H3,(H2,27,28,32)/t18-,19+,20-,21-/m1/s1. The van der Waals surface area contributed by atoms with Crippen LogP contribution in [0.15, 0.2) is 54.6 Å². The van der Waals surface area contributed by atoms with Crippen molar-refractivity contribution in [1.29, 1.82) is 0 Å². The molecule has 1 aliphatic heterocycles. The van der Waals surface area contributed by atoms with E-state index in [9.17, 15) is 28.2 Å². The molecule has 11 heteroatoms. The van der Waals surface area contributed by atoms with Gasteiger partial charge in [-0.05, 0) is 43.3 Å². The van der Waals surface area contributed by atoms with Crippen molar-refractivity contribution in [2.24, 2.45) is 0 Å².